The summed E-state index contributed by atoms with van der Waals surface area (Å²) in [4.78, 5) is 0. The summed E-state index contributed by atoms with van der Waals surface area (Å²) in [6, 6.07) is 5.51. The molecule has 1 aliphatic rings. The van der Waals surface area contributed by atoms with Gasteiger partial charge in [-0.05, 0) is 30.5 Å². The van der Waals surface area contributed by atoms with Crippen molar-refractivity contribution in [2.45, 2.75) is 18.4 Å². The van der Waals surface area contributed by atoms with Gasteiger partial charge in [0.2, 0.25) is 0 Å². The Kier molecular flexibility index (Phi) is 3.21. The van der Waals surface area contributed by atoms with Crippen LogP contribution in [0.15, 0.2) is 18.2 Å². The van der Waals surface area contributed by atoms with E-state index in [9.17, 15) is 0 Å². The van der Waals surface area contributed by atoms with Gasteiger partial charge in [-0.1, -0.05) is 29.3 Å². The summed E-state index contributed by atoms with van der Waals surface area (Å²) < 4.78 is 5.30. The molecule has 1 fully saturated rings. The first kappa shape index (κ1) is 11.2. The lowest BCUT2D eigenvalue weighted by Crippen LogP contribution is -2.42. The van der Waals surface area contributed by atoms with Crippen LogP contribution in [0.3, 0.4) is 0 Å². The van der Waals surface area contributed by atoms with Gasteiger partial charge in [-0.3, -0.25) is 0 Å². The first-order valence-electron chi connectivity index (χ1n) is 4.90. The van der Waals surface area contributed by atoms with Gasteiger partial charge in [0.15, 0.2) is 0 Å². The predicted octanol–water partition coefficient (Wildman–Crippen LogP) is 2.65. The first-order chi connectivity index (χ1) is 7.09. The van der Waals surface area contributed by atoms with Crippen molar-refractivity contribution in [3.05, 3.63) is 33.8 Å². The second-order valence-corrected chi connectivity index (χ2v) is 4.92. The lowest BCUT2D eigenvalue weighted by Gasteiger charge is -2.22. The average molecular weight is 246 g/mol. The van der Waals surface area contributed by atoms with Crippen molar-refractivity contribution in [1.82, 2.24) is 0 Å². The zero-order chi connectivity index (χ0) is 10.9. The van der Waals surface area contributed by atoms with Crippen molar-refractivity contribution in [2.24, 2.45) is 5.73 Å². The van der Waals surface area contributed by atoms with Gasteiger partial charge in [0.1, 0.15) is 0 Å². The van der Waals surface area contributed by atoms with Crippen molar-refractivity contribution < 1.29 is 4.74 Å². The van der Waals surface area contributed by atoms with Crippen LogP contribution >= 0.6 is 23.2 Å². The fourth-order valence-electron chi connectivity index (χ4n) is 1.81. The van der Waals surface area contributed by atoms with Crippen LogP contribution in [0.25, 0.3) is 0 Å². The third-order valence-electron chi connectivity index (χ3n) is 2.69. The normalized spacial score (nSPS) is 25.8. The third kappa shape index (κ3) is 2.64. The Morgan fingerprint density at radius 3 is 2.80 bits per heavy atom. The van der Waals surface area contributed by atoms with E-state index in [1.807, 2.05) is 12.1 Å². The Morgan fingerprint density at radius 1 is 1.40 bits per heavy atom. The molecule has 2 N–H and O–H groups in total. The molecular formula is C11H13Cl2NO. The zero-order valence-corrected chi connectivity index (χ0v) is 9.81. The number of halogens is 2. The number of benzene rings is 1. The van der Waals surface area contributed by atoms with E-state index in [0.29, 0.717) is 16.7 Å². The van der Waals surface area contributed by atoms with Crippen LogP contribution in [-0.2, 0) is 11.2 Å². The van der Waals surface area contributed by atoms with Gasteiger partial charge in [0.05, 0.1) is 6.61 Å². The smallest absolute Gasteiger partial charge is 0.0650 e. The average Bonchev–Trinajstić information content (AvgIpc) is 2.58. The molecule has 82 valence electrons. The Morgan fingerprint density at radius 2 is 2.20 bits per heavy atom. The second-order valence-electron chi connectivity index (χ2n) is 4.08. The van der Waals surface area contributed by atoms with E-state index in [-0.39, 0.29) is 5.54 Å². The Balaban J connectivity index is 2.16. The predicted molar refractivity (Wildman–Crippen MR) is 62.5 cm³/mol. The van der Waals surface area contributed by atoms with Gasteiger partial charge in [-0.15, -0.1) is 0 Å². The molecule has 0 aliphatic carbocycles. The van der Waals surface area contributed by atoms with Gasteiger partial charge in [0.25, 0.3) is 0 Å². The molecule has 1 saturated heterocycles. The highest BCUT2D eigenvalue weighted by Crippen LogP contribution is 2.27. The molecule has 0 spiro atoms. The summed E-state index contributed by atoms with van der Waals surface area (Å²) in [6.45, 7) is 1.34. The van der Waals surface area contributed by atoms with E-state index >= 15 is 0 Å². The summed E-state index contributed by atoms with van der Waals surface area (Å²) in [5.74, 6) is 0. The van der Waals surface area contributed by atoms with E-state index in [1.54, 1.807) is 6.07 Å². The van der Waals surface area contributed by atoms with E-state index in [0.717, 1.165) is 25.0 Å². The minimum Gasteiger partial charge on any atom is -0.379 e. The maximum absolute atomic E-state index is 6.18. The fraction of sp³-hybridized carbons (Fsp3) is 0.455. The number of nitrogens with two attached hydrogens (primary N) is 1. The molecule has 1 atom stereocenters. The fourth-order valence-corrected chi connectivity index (χ4v) is 2.28. The molecule has 4 heteroatoms. The van der Waals surface area contributed by atoms with Gasteiger partial charge in [-0.2, -0.15) is 0 Å². The third-order valence-corrected chi connectivity index (χ3v) is 3.28. The molecule has 2 nitrogen and oxygen atoms in total. The van der Waals surface area contributed by atoms with Crippen LogP contribution in [0.1, 0.15) is 12.0 Å². The standard InChI is InChI=1S/C11H13Cl2NO/c12-9-2-1-8(10(13)5-9)6-11(14)3-4-15-7-11/h1-2,5H,3-4,6-7,14H2. The summed E-state index contributed by atoms with van der Waals surface area (Å²) in [7, 11) is 0. The minimum absolute atomic E-state index is 0.266. The lowest BCUT2D eigenvalue weighted by atomic mass is 9.91. The summed E-state index contributed by atoms with van der Waals surface area (Å²) in [5, 5.41) is 1.33. The van der Waals surface area contributed by atoms with Gasteiger partial charge in [0, 0.05) is 22.2 Å². The summed E-state index contributed by atoms with van der Waals surface area (Å²) in [5.41, 5.74) is 6.95. The minimum atomic E-state index is -0.266. The van der Waals surface area contributed by atoms with Gasteiger partial charge < -0.3 is 10.5 Å². The van der Waals surface area contributed by atoms with Crippen molar-refractivity contribution >= 4 is 23.2 Å². The monoisotopic (exact) mass is 245 g/mol. The molecule has 1 unspecified atom stereocenters. The Bertz CT molecular complexity index is 362. The largest absolute Gasteiger partial charge is 0.379 e. The van der Waals surface area contributed by atoms with Crippen molar-refractivity contribution in [1.29, 1.82) is 0 Å². The molecule has 0 radical (unpaired) electrons. The molecule has 0 amide bonds. The molecule has 15 heavy (non-hydrogen) atoms. The molecule has 1 aromatic rings. The Labute approximate surface area is 99.3 Å². The van der Waals surface area contributed by atoms with Gasteiger partial charge in [-0.25, -0.2) is 0 Å². The van der Waals surface area contributed by atoms with Crippen LogP contribution in [0, 0.1) is 0 Å². The topological polar surface area (TPSA) is 35.2 Å². The first-order valence-corrected chi connectivity index (χ1v) is 5.65. The molecule has 1 aromatic carbocycles. The van der Waals surface area contributed by atoms with E-state index < -0.39 is 0 Å². The molecule has 1 heterocycles. The van der Waals surface area contributed by atoms with Crippen LogP contribution in [0.2, 0.25) is 10.0 Å². The van der Waals surface area contributed by atoms with Crippen molar-refractivity contribution in [2.75, 3.05) is 13.2 Å². The maximum Gasteiger partial charge on any atom is 0.0650 e. The van der Waals surface area contributed by atoms with Crippen molar-refractivity contribution in [3.8, 4) is 0 Å². The number of hydrogen-bond acceptors (Lipinski definition) is 2. The van der Waals surface area contributed by atoms with Gasteiger partial charge >= 0.3 is 0 Å². The quantitative estimate of drug-likeness (QED) is 0.870. The number of hydrogen-bond donors (Lipinski definition) is 1. The van der Waals surface area contributed by atoms with E-state index in [4.69, 9.17) is 33.7 Å². The van der Waals surface area contributed by atoms with E-state index in [1.165, 1.54) is 0 Å². The molecule has 1 aliphatic heterocycles. The molecule has 0 saturated carbocycles. The number of rotatable bonds is 2. The van der Waals surface area contributed by atoms with Crippen LogP contribution in [-0.4, -0.2) is 18.8 Å². The highest BCUT2D eigenvalue weighted by molar-refractivity contribution is 6.35. The summed E-state index contributed by atoms with van der Waals surface area (Å²) in [6.07, 6.45) is 1.62. The molecular weight excluding hydrogens is 233 g/mol. The molecule has 2 rings (SSSR count). The Hall–Kier alpha value is -0.280. The van der Waals surface area contributed by atoms with Crippen LogP contribution < -0.4 is 5.73 Å². The van der Waals surface area contributed by atoms with Crippen LogP contribution in [0.5, 0.6) is 0 Å². The zero-order valence-electron chi connectivity index (χ0n) is 8.30. The van der Waals surface area contributed by atoms with Crippen LogP contribution in [0.4, 0.5) is 0 Å². The number of ether oxygens (including phenoxy) is 1. The van der Waals surface area contributed by atoms with Crippen molar-refractivity contribution in [3.63, 3.8) is 0 Å². The second kappa shape index (κ2) is 4.30. The van der Waals surface area contributed by atoms with E-state index in [2.05, 4.69) is 0 Å². The molecule has 0 aromatic heterocycles. The SMILES string of the molecule is NC1(Cc2ccc(Cl)cc2Cl)CCOC1. The summed E-state index contributed by atoms with van der Waals surface area (Å²) >= 11 is 11.9. The highest BCUT2D eigenvalue weighted by Gasteiger charge is 2.31. The molecule has 0 bridgehead atoms. The lowest BCUT2D eigenvalue weighted by molar-refractivity contribution is 0.178. The highest BCUT2D eigenvalue weighted by atomic mass is 35.5. The maximum atomic E-state index is 6.18.